The number of rotatable bonds is 13. The summed E-state index contributed by atoms with van der Waals surface area (Å²) in [4.78, 5) is 19.3. The minimum absolute atomic E-state index is 0.0545. The van der Waals surface area contributed by atoms with E-state index in [9.17, 15) is 9.79 Å². The van der Waals surface area contributed by atoms with Crippen LogP contribution < -0.4 is 11.5 Å². The van der Waals surface area contributed by atoms with Gasteiger partial charge in [0, 0.05) is 12.5 Å². The van der Waals surface area contributed by atoms with Gasteiger partial charge in [0.1, 0.15) is 0 Å². The van der Waals surface area contributed by atoms with Crippen molar-refractivity contribution >= 4 is 37.1 Å². The van der Waals surface area contributed by atoms with E-state index in [2.05, 4.69) is 0 Å². The number of hydrogen-bond donors (Lipinski definition) is 5. The average molecular weight is 384 g/mol. The molecule has 0 radical (unpaired) electrons. The quantitative estimate of drug-likeness (QED) is 0.157. The summed E-state index contributed by atoms with van der Waals surface area (Å²) in [6.45, 7) is -7.13. The third kappa shape index (κ3) is 12.1. The normalized spacial score (nSPS) is 18.9. The molecule has 0 saturated carbocycles. The van der Waals surface area contributed by atoms with Crippen molar-refractivity contribution in [1.29, 1.82) is 0 Å². The van der Waals surface area contributed by atoms with Gasteiger partial charge in [-0.15, -0.1) is 0 Å². The summed E-state index contributed by atoms with van der Waals surface area (Å²) in [5.74, 6) is -0.355. The molecule has 0 aromatic carbocycles. The van der Waals surface area contributed by atoms with Crippen molar-refractivity contribution in [2.45, 2.75) is 6.42 Å². The molecule has 0 fully saturated rings. The smallest absolute Gasteiger partial charge is 0.326 e. The van der Waals surface area contributed by atoms with E-state index >= 15 is 0 Å². The molecule has 13 heteroatoms. The molecule has 0 amide bonds. The first-order chi connectivity index (χ1) is 9.76. The standard InChI is InChI=1S/C8H22N2O7P2S2/c9-2-1-3-14-18(12,20)16-7-17-19(13,21)15-6-8(4-10)5-11/h8,11H,1-7,9-10H2,(H,12,20)(H,13,21). The number of aliphatic hydroxyl groups is 1. The first-order valence-electron chi connectivity index (χ1n) is 6.01. The van der Waals surface area contributed by atoms with Gasteiger partial charge in [0.25, 0.3) is 0 Å². The highest BCUT2D eigenvalue weighted by Gasteiger charge is 2.21. The van der Waals surface area contributed by atoms with Crippen molar-refractivity contribution in [2.24, 2.45) is 17.4 Å². The number of aliphatic hydroxyl groups excluding tert-OH is 1. The summed E-state index contributed by atoms with van der Waals surface area (Å²) in [5.41, 5.74) is 10.6. The fourth-order valence-electron chi connectivity index (χ4n) is 0.889. The van der Waals surface area contributed by atoms with Crippen molar-refractivity contribution < 1.29 is 33.0 Å². The third-order valence-electron chi connectivity index (χ3n) is 2.10. The van der Waals surface area contributed by atoms with Crippen molar-refractivity contribution in [3.05, 3.63) is 0 Å². The molecule has 0 aliphatic carbocycles. The maximum absolute atomic E-state index is 9.68. The Morgan fingerprint density at radius 3 is 2.05 bits per heavy atom. The predicted molar refractivity (Wildman–Crippen MR) is 85.3 cm³/mol. The van der Waals surface area contributed by atoms with Gasteiger partial charge in [0.2, 0.25) is 0 Å². The van der Waals surface area contributed by atoms with Gasteiger partial charge in [-0.3, -0.25) is 9.05 Å². The van der Waals surface area contributed by atoms with Crippen LogP contribution in [-0.2, 0) is 41.7 Å². The monoisotopic (exact) mass is 384 g/mol. The van der Waals surface area contributed by atoms with E-state index in [0.29, 0.717) is 13.0 Å². The van der Waals surface area contributed by atoms with Crippen LogP contribution in [0.5, 0.6) is 0 Å². The van der Waals surface area contributed by atoms with Crippen LogP contribution in [-0.4, -0.2) is 54.6 Å². The highest BCUT2D eigenvalue weighted by Crippen LogP contribution is 2.48. The molecule has 128 valence electrons. The van der Waals surface area contributed by atoms with Crippen LogP contribution in [0.15, 0.2) is 0 Å². The highest BCUT2D eigenvalue weighted by atomic mass is 32.5. The Balaban J connectivity index is 4.02. The van der Waals surface area contributed by atoms with Crippen molar-refractivity contribution in [3.63, 3.8) is 0 Å². The summed E-state index contributed by atoms with van der Waals surface area (Å²) in [6.07, 6.45) is 0.520. The molecule has 0 spiro atoms. The molecule has 0 saturated heterocycles. The van der Waals surface area contributed by atoms with E-state index in [1.54, 1.807) is 0 Å². The Kier molecular flexibility index (Phi) is 12.0. The van der Waals surface area contributed by atoms with Crippen molar-refractivity contribution in [2.75, 3.05) is 39.7 Å². The van der Waals surface area contributed by atoms with E-state index in [0.717, 1.165) is 0 Å². The lowest BCUT2D eigenvalue weighted by atomic mass is 10.2. The SMILES string of the molecule is NCCCOP(O)(=S)OCOP(O)(=S)OCC(CN)CO. The topological polar surface area (TPSA) is 150 Å². The lowest BCUT2D eigenvalue weighted by Gasteiger charge is -2.20. The van der Waals surface area contributed by atoms with E-state index in [4.69, 9.17) is 58.3 Å². The second kappa shape index (κ2) is 11.5. The Morgan fingerprint density at radius 2 is 1.57 bits per heavy atom. The van der Waals surface area contributed by atoms with Crippen LogP contribution in [0.1, 0.15) is 6.42 Å². The lowest BCUT2D eigenvalue weighted by Crippen LogP contribution is -2.23. The van der Waals surface area contributed by atoms with Gasteiger partial charge in [-0.05, 0) is 43.1 Å². The van der Waals surface area contributed by atoms with Gasteiger partial charge in [-0.25, -0.2) is 0 Å². The summed E-state index contributed by atoms with van der Waals surface area (Å²) in [5, 5.41) is 8.91. The molecule has 0 aliphatic rings. The van der Waals surface area contributed by atoms with Crippen LogP contribution in [0.4, 0.5) is 0 Å². The summed E-state index contributed by atoms with van der Waals surface area (Å²) in [6, 6.07) is 0. The fraction of sp³-hybridized carbons (Fsp3) is 1.00. The zero-order valence-electron chi connectivity index (χ0n) is 11.4. The minimum atomic E-state index is -3.56. The van der Waals surface area contributed by atoms with Crippen LogP contribution >= 0.6 is 13.4 Å². The van der Waals surface area contributed by atoms with E-state index in [1.165, 1.54) is 0 Å². The first kappa shape index (κ1) is 21.9. The number of nitrogens with two attached hydrogens (primary N) is 2. The second-order valence-electron chi connectivity index (χ2n) is 3.87. The van der Waals surface area contributed by atoms with Gasteiger partial charge in [-0.2, -0.15) is 0 Å². The minimum Gasteiger partial charge on any atom is -0.396 e. The molecule has 7 N–H and O–H groups in total. The van der Waals surface area contributed by atoms with Gasteiger partial charge in [0.05, 0.1) is 13.2 Å². The molecule has 0 bridgehead atoms. The van der Waals surface area contributed by atoms with Gasteiger partial charge >= 0.3 is 13.4 Å². The molecular weight excluding hydrogens is 362 g/mol. The van der Waals surface area contributed by atoms with Crippen LogP contribution in [0, 0.1) is 5.92 Å². The molecule has 0 aromatic heterocycles. The van der Waals surface area contributed by atoms with E-state index in [1.807, 2.05) is 0 Å². The molecule has 0 aromatic rings. The zero-order chi connectivity index (χ0) is 16.4. The largest absolute Gasteiger partial charge is 0.396 e. The van der Waals surface area contributed by atoms with Gasteiger partial charge < -0.3 is 35.4 Å². The molecule has 0 rings (SSSR count). The molecule has 0 aliphatic heterocycles. The maximum Gasteiger partial charge on any atom is 0.326 e. The molecule has 3 unspecified atom stereocenters. The number of hydrogen-bond acceptors (Lipinski definition) is 9. The molecule has 9 nitrogen and oxygen atoms in total. The maximum atomic E-state index is 9.68. The Morgan fingerprint density at radius 1 is 1.00 bits per heavy atom. The predicted octanol–water partition coefficient (Wildman–Crippen LogP) is -0.640. The Bertz CT molecular complexity index is 373. The molecule has 0 heterocycles. The summed E-state index contributed by atoms with van der Waals surface area (Å²) in [7, 11) is 0. The van der Waals surface area contributed by atoms with Gasteiger partial charge in [0.15, 0.2) is 6.79 Å². The first-order valence-corrected chi connectivity index (χ1v) is 11.2. The van der Waals surface area contributed by atoms with E-state index in [-0.39, 0.29) is 32.3 Å². The highest BCUT2D eigenvalue weighted by molar-refractivity contribution is 8.07. The summed E-state index contributed by atoms with van der Waals surface area (Å²) >= 11 is 9.41. The zero-order valence-corrected chi connectivity index (χ0v) is 14.8. The molecule has 21 heavy (non-hydrogen) atoms. The van der Waals surface area contributed by atoms with Crippen molar-refractivity contribution in [3.8, 4) is 0 Å². The second-order valence-corrected chi connectivity index (χ2v) is 9.54. The Hall–Kier alpha value is 0.940. The van der Waals surface area contributed by atoms with Crippen LogP contribution in [0.2, 0.25) is 0 Å². The molecular formula is C8H22N2O7P2S2. The average Bonchev–Trinajstić information content (AvgIpc) is 2.39. The molecule has 3 atom stereocenters. The fourth-order valence-corrected chi connectivity index (χ4v) is 2.92. The van der Waals surface area contributed by atoms with Crippen LogP contribution in [0.25, 0.3) is 0 Å². The van der Waals surface area contributed by atoms with Crippen LogP contribution in [0.3, 0.4) is 0 Å². The summed E-state index contributed by atoms with van der Waals surface area (Å²) < 4.78 is 19.5. The van der Waals surface area contributed by atoms with Gasteiger partial charge in [-0.1, -0.05) is 0 Å². The van der Waals surface area contributed by atoms with E-state index < -0.39 is 20.2 Å². The third-order valence-corrected chi connectivity index (χ3v) is 5.21. The lowest BCUT2D eigenvalue weighted by molar-refractivity contribution is 0.0632. The van der Waals surface area contributed by atoms with Crippen molar-refractivity contribution in [1.82, 2.24) is 0 Å². The Labute approximate surface area is 134 Å².